The van der Waals surface area contributed by atoms with Crippen molar-refractivity contribution >= 4 is 87.3 Å². The van der Waals surface area contributed by atoms with Crippen molar-refractivity contribution in [2.24, 2.45) is 0 Å². The Balaban J connectivity index is 1.72. The number of ether oxygens (including phenoxy) is 2. The van der Waals surface area contributed by atoms with Crippen LogP contribution in [-0.2, 0) is 22.6 Å². The number of rotatable bonds is 8. The zero-order valence-corrected chi connectivity index (χ0v) is 24.2. The molecule has 2 amide bonds. The predicted molar refractivity (Wildman–Crippen MR) is 160 cm³/mol. The minimum absolute atomic E-state index is 0.110. The molecule has 1 N–H and O–H groups in total. The van der Waals surface area contributed by atoms with Crippen molar-refractivity contribution in [2.75, 3.05) is 12.0 Å². The molecule has 3 aromatic carbocycles. The molecule has 1 aliphatic rings. The van der Waals surface area contributed by atoms with Crippen LogP contribution in [0.1, 0.15) is 16.7 Å². The highest BCUT2D eigenvalue weighted by atomic mass is 35.5. The molecule has 4 rings (SSSR count). The number of halogens is 4. The maximum absolute atomic E-state index is 13.5. The van der Waals surface area contributed by atoms with E-state index in [9.17, 15) is 9.59 Å². The van der Waals surface area contributed by atoms with Crippen molar-refractivity contribution < 1.29 is 19.1 Å². The molecular weight excluding hydrogens is 602 g/mol. The Morgan fingerprint density at radius 2 is 1.79 bits per heavy atom. The second-order valence-corrected chi connectivity index (χ2v) is 10.3. The first-order valence-electron chi connectivity index (χ1n) is 11.4. The van der Waals surface area contributed by atoms with Crippen LogP contribution in [0.25, 0.3) is 6.08 Å². The Morgan fingerprint density at radius 1 is 1.03 bits per heavy atom. The van der Waals surface area contributed by atoms with E-state index in [0.29, 0.717) is 33.5 Å². The van der Waals surface area contributed by atoms with E-state index < -0.39 is 11.8 Å². The zero-order valence-electron chi connectivity index (χ0n) is 20.4. The van der Waals surface area contributed by atoms with Gasteiger partial charge in [-0.25, -0.2) is 0 Å². The van der Waals surface area contributed by atoms with Gasteiger partial charge in [-0.2, -0.15) is 0 Å². The molecule has 3 aromatic rings. The maximum atomic E-state index is 13.5. The van der Waals surface area contributed by atoms with Crippen molar-refractivity contribution in [1.29, 1.82) is 0 Å². The SMILES string of the molecule is C=CCc1cc(/C=C2\C(=O)NC(=S)N(c3cccc(Cl)c3Cl)C2=O)cc(OC)c1OCc1ccc(Cl)cc1Cl. The lowest BCUT2D eigenvalue weighted by atomic mass is 10.0. The molecular formula is C28H20Cl4N2O4S. The topological polar surface area (TPSA) is 67.9 Å². The van der Waals surface area contributed by atoms with Gasteiger partial charge in [-0.15, -0.1) is 6.58 Å². The van der Waals surface area contributed by atoms with E-state index in [0.717, 1.165) is 16.0 Å². The van der Waals surface area contributed by atoms with Crippen LogP contribution in [-0.4, -0.2) is 24.0 Å². The Kier molecular flexibility index (Phi) is 9.20. The average Bonchev–Trinajstić information content (AvgIpc) is 2.89. The number of carbonyl (C=O) groups is 2. The summed E-state index contributed by atoms with van der Waals surface area (Å²) in [7, 11) is 1.49. The van der Waals surface area contributed by atoms with Gasteiger partial charge in [-0.1, -0.05) is 64.6 Å². The molecule has 0 radical (unpaired) electrons. The third kappa shape index (κ3) is 6.24. The number of thiocarbonyl (C=S) groups is 1. The Hall–Kier alpha value is -3.07. The van der Waals surface area contributed by atoms with Crippen LogP contribution >= 0.6 is 58.6 Å². The van der Waals surface area contributed by atoms with E-state index in [2.05, 4.69) is 11.9 Å². The fraction of sp³-hybridized carbons (Fsp3) is 0.107. The summed E-state index contributed by atoms with van der Waals surface area (Å²) in [4.78, 5) is 27.4. The first-order chi connectivity index (χ1) is 18.6. The molecule has 1 saturated heterocycles. The molecule has 0 atom stereocenters. The number of amides is 2. The molecule has 1 heterocycles. The number of benzene rings is 3. The summed E-state index contributed by atoms with van der Waals surface area (Å²) in [6.07, 6.45) is 3.57. The van der Waals surface area contributed by atoms with Crippen molar-refractivity contribution in [3.63, 3.8) is 0 Å². The number of methoxy groups -OCH3 is 1. The van der Waals surface area contributed by atoms with Gasteiger partial charge >= 0.3 is 0 Å². The van der Waals surface area contributed by atoms with Crippen LogP contribution in [0.4, 0.5) is 5.69 Å². The predicted octanol–water partition coefficient (Wildman–Crippen LogP) is 7.45. The smallest absolute Gasteiger partial charge is 0.270 e. The minimum atomic E-state index is -0.658. The number of carbonyl (C=O) groups excluding carboxylic acids is 2. The van der Waals surface area contributed by atoms with Crippen molar-refractivity contribution in [3.05, 3.63) is 104 Å². The van der Waals surface area contributed by atoms with Crippen LogP contribution in [0.15, 0.2) is 66.8 Å². The Bertz CT molecular complexity index is 1540. The summed E-state index contributed by atoms with van der Waals surface area (Å²) < 4.78 is 11.7. The normalized spacial score (nSPS) is 14.4. The lowest BCUT2D eigenvalue weighted by Crippen LogP contribution is -2.54. The van der Waals surface area contributed by atoms with Gasteiger partial charge in [0.2, 0.25) is 0 Å². The molecule has 0 saturated carbocycles. The monoisotopic (exact) mass is 620 g/mol. The lowest BCUT2D eigenvalue weighted by Gasteiger charge is -2.29. The van der Waals surface area contributed by atoms with Gasteiger partial charge in [-0.3, -0.25) is 19.8 Å². The largest absolute Gasteiger partial charge is 0.493 e. The van der Waals surface area contributed by atoms with E-state index in [4.69, 9.17) is 68.1 Å². The molecule has 0 bridgehead atoms. The van der Waals surface area contributed by atoms with Gasteiger partial charge in [0.1, 0.15) is 12.2 Å². The number of nitrogens with one attached hydrogen (secondary N) is 1. The van der Waals surface area contributed by atoms with Gasteiger partial charge in [-0.05, 0) is 66.7 Å². The second kappa shape index (κ2) is 12.4. The van der Waals surface area contributed by atoms with Crippen LogP contribution in [0, 0.1) is 0 Å². The number of allylic oxidation sites excluding steroid dienone is 1. The Labute approximate surface area is 250 Å². The lowest BCUT2D eigenvalue weighted by molar-refractivity contribution is -0.122. The van der Waals surface area contributed by atoms with Crippen LogP contribution in [0.3, 0.4) is 0 Å². The molecule has 1 fully saturated rings. The highest BCUT2D eigenvalue weighted by molar-refractivity contribution is 7.80. The average molecular weight is 622 g/mol. The fourth-order valence-corrected chi connectivity index (χ4v) is 5.00. The van der Waals surface area contributed by atoms with Gasteiger partial charge in [0.15, 0.2) is 16.6 Å². The second-order valence-electron chi connectivity index (χ2n) is 8.26. The number of hydrogen-bond donors (Lipinski definition) is 1. The highest BCUT2D eigenvalue weighted by Gasteiger charge is 2.35. The minimum Gasteiger partial charge on any atom is -0.493 e. The molecule has 39 heavy (non-hydrogen) atoms. The molecule has 0 spiro atoms. The van der Waals surface area contributed by atoms with Crippen LogP contribution < -0.4 is 19.7 Å². The molecule has 0 aliphatic carbocycles. The zero-order chi connectivity index (χ0) is 28.3. The molecule has 1 aliphatic heterocycles. The third-order valence-corrected chi connectivity index (χ3v) is 7.39. The van der Waals surface area contributed by atoms with E-state index in [1.807, 2.05) is 0 Å². The van der Waals surface area contributed by atoms with E-state index in [-0.39, 0.29) is 33.0 Å². The summed E-state index contributed by atoms with van der Waals surface area (Å²) in [5.74, 6) is -0.449. The van der Waals surface area contributed by atoms with Gasteiger partial charge in [0.25, 0.3) is 11.8 Å². The maximum Gasteiger partial charge on any atom is 0.270 e. The van der Waals surface area contributed by atoms with Gasteiger partial charge in [0, 0.05) is 21.2 Å². The molecule has 0 unspecified atom stereocenters. The van der Waals surface area contributed by atoms with Crippen molar-refractivity contribution in [3.8, 4) is 11.5 Å². The number of hydrogen-bond acceptors (Lipinski definition) is 5. The first-order valence-corrected chi connectivity index (χ1v) is 13.3. The molecule has 6 nitrogen and oxygen atoms in total. The van der Waals surface area contributed by atoms with Gasteiger partial charge in [0.05, 0.1) is 22.8 Å². The standard InChI is InChI=1S/C28H20Cl4N2O4S/c1-3-5-16-10-15(12-23(37-2)25(16)38-14-17-8-9-18(29)13-21(17)31)11-19-26(35)33-28(39)34(27(19)36)22-7-4-6-20(30)24(22)32/h3-4,6-13H,1,5,14H2,2H3,(H,33,35,39)/b19-11+. The molecule has 200 valence electrons. The van der Waals surface area contributed by atoms with E-state index in [1.165, 1.54) is 13.2 Å². The van der Waals surface area contributed by atoms with Crippen LogP contribution in [0.2, 0.25) is 20.1 Å². The molecule has 11 heteroatoms. The van der Waals surface area contributed by atoms with Crippen molar-refractivity contribution in [2.45, 2.75) is 13.0 Å². The van der Waals surface area contributed by atoms with E-state index >= 15 is 0 Å². The van der Waals surface area contributed by atoms with Crippen molar-refractivity contribution in [1.82, 2.24) is 5.32 Å². The van der Waals surface area contributed by atoms with Crippen LogP contribution in [0.5, 0.6) is 11.5 Å². The summed E-state index contributed by atoms with van der Waals surface area (Å²) in [5.41, 5.74) is 2.06. The van der Waals surface area contributed by atoms with Gasteiger partial charge < -0.3 is 9.47 Å². The number of anilines is 1. The first kappa shape index (κ1) is 28.9. The summed E-state index contributed by atoms with van der Waals surface area (Å²) in [6, 6.07) is 13.4. The third-order valence-electron chi connectivity index (χ3n) is 5.71. The highest BCUT2D eigenvalue weighted by Crippen LogP contribution is 2.37. The van der Waals surface area contributed by atoms with E-state index in [1.54, 1.807) is 54.6 Å². The number of nitrogens with zero attached hydrogens (tertiary/aromatic N) is 1. The quantitative estimate of drug-likeness (QED) is 0.122. The summed E-state index contributed by atoms with van der Waals surface area (Å²) in [6.45, 7) is 3.98. The summed E-state index contributed by atoms with van der Waals surface area (Å²) in [5, 5.41) is 3.78. The summed E-state index contributed by atoms with van der Waals surface area (Å²) >= 11 is 30.0. The Morgan fingerprint density at radius 3 is 2.49 bits per heavy atom. The fourth-order valence-electron chi connectivity index (χ4n) is 3.89. The molecule has 0 aromatic heterocycles.